The highest BCUT2D eigenvalue weighted by Crippen LogP contribution is 2.40. The van der Waals surface area contributed by atoms with Crippen LogP contribution in [0.4, 0.5) is 4.39 Å². The Balaban J connectivity index is 1.82. The van der Waals surface area contributed by atoms with Gasteiger partial charge in [0, 0.05) is 24.0 Å². The number of hydrogen-bond acceptors (Lipinski definition) is 2. The van der Waals surface area contributed by atoms with E-state index in [1.54, 1.807) is 6.07 Å². The number of hydrogen-bond donors (Lipinski definition) is 1. The molecule has 1 fully saturated rings. The van der Waals surface area contributed by atoms with E-state index in [2.05, 4.69) is 26.1 Å². The zero-order valence-corrected chi connectivity index (χ0v) is 14.3. The zero-order chi connectivity index (χ0) is 16.7. The molecule has 0 spiro atoms. The van der Waals surface area contributed by atoms with Crippen LogP contribution in [0.2, 0.25) is 0 Å². The van der Waals surface area contributed by atoms with Gasteiger partial charge in [-0.25, -0.2) is 4.39 Å². The van der Waals surface area contributed by atoms with Crippen molar-refractivity contribution in [1.82, 2.24) is 5.32 Å². The molecule has 1 atom stereocenters. The van der Waals surface area contributed by atoms with Crippen LogP contribution in [0.1, 0.15) is 51.2 Å². The number of ketones is 1. The van der Waals surface area contributed by atoms with Gasteiger partial charge in [0.25, 0.3) is 0 Å². The minimum Gasteiger partial charge on any atom is -0.316 e. The maximum Gasteiger partial charge on any atom is 0.166 e. The fourth-order valence-corrected chi connectivity index (χ4v) is 3.67. The summed E-state index contributed by atoms with van der Waals surface area (Å²) in [6, 6.07) is 4.81. The van der Waals surface area contributed by atoms with E-state index in [0.29, 0.717) is 6.42 Å². The number of allylic oxidation sites excluding steroid dienone is 1. The largest absolute Gasteiger partial charge is 0.316 e. The fraction of sp³-hybridized carbons (Fsp3) is 0.550. The Hall–Kier alpha value is -1.48. The molecule has 1 aliphatic heterocycles. The summed E-state index contributed by atoms with van der Waals surface area (Å²) in [5.74, 6) is 0.0297. The molecule has 2 nitrogen and oxygen atoms in total. The van der Waals surface area contributed by atoms with Gasteiger partial charge in [0.05, 0.1) is 0 Å². The summed E-state index contributed by atoms with van der Waals surface area (Å²) in [4.78, 5) is 13.2. The smallest absolute Gasteiger partial charge is 0.166 e. The van der Waals surface area contributed by atoms with Crippen LogP contribution < -0.4 is 5.32 Å². The van der Waals surface area contributed by atoms with Crippen LogP contribution in [-0.4, -0.2) is 18.9 Å². The van der Waals surface area contributed by atoms with Crippen molar-refractivity contribution < 1.29 is 9.18 Å². The molecular weight excluding hydrogens is 289 g/mol. The molecule has 3 heteroatoms. The van der Waals surface area contributed by atoms with Gasteiger partial charge >= 0.3 is 0 Å². The third-order valence-corrected chi connectivity index (χ3v) is 5.19. The molecule has 1 aromatic rings. The normalized spacial score (nSPS) is 23.7. The Morgan fingerprint density at radius 2 is 2.13 bits per heavy atom. The van der Waals surface area contributed by atoms with Crippen molar-refractivity contribution in [3.8, 4) is 0 Å². The summed E-state index contributed by atoms with van der Waals surface area (Å²) in [6.45, 7) is 8.35. The molecule has 2 aliphatic rings. The summed E-state index contributed by atoms with van der Waals surface area (Å²) in [5.41, 5.74) is 2.73. The Bertz CT molecular complexity index is 648. The third-order valence-electron chi connectivity index (χ3n) is 5.19. The van der Waals surface area contributed by atoms with Gasteiger partial charge in [0.15, 0.2) is 5.78 Å². The van der Waals surface area contributed by atoms with E-state index in [9.17, 15) is 9.18 Å². The van der Waals surface area contributed by atoms with Gasteiger partial charge in [-0.2, -0.15) is 0 Å². The van der Waals surface area contributed by atoms with Crippen molar-refractivity contribution in [3.63, 3.8) is 0 Å². The number of nitrogens with one attached hydrogen (secondary N) is 1. The van der Waals surface area contributed by atoms with E-state index in [4.69, 9.17) is 0 Å². The quantitative estimate of drug-likeness (QED) is 0.905. The average Bonchev–Trinajstić information content (AvgIpc) is 3.10. The molecule has 1 saturated heterocycles. The molecule has 0 radical (unpaired) electrons. The molecule has 1 aliphatic carbocycles. The van der Waals surface area contributed by atoms with Crippen molar-refractivity contribution in [1.29, 1.82) is 0 Å². The lowest BCUT2D eigenvalue weighted by Gasteiger charge is -2.30. The van der Waals surface area contributed by atoms with Gasteiger partial charge in [-0.15, -0.1) is 0 Å². The number of carbonyl (C=O) groups excluding carboxylic acids is 1. The summed E-state index contributed by atoms with van der Waals surface area (Å²) >= 11 is 0. The molecule has 23 heavy (non-hydrogen) atoms. The van der Waals surface area contributed by atoms with Crippen LogP contribution in [0.5, 0.6) is 0 Å². The molecule has 1 heterocycles. The molecule has 1 aromatic carbocycles. The van der Waals surface area contributed by atoms with E-state index in [1.807, 2.05) is 6.08 Å². The van der Waals surface area contributed by atoms with Crippen LogP contribution in [0.25, 0.3) is 6.08 Å². The molecule has 3 rings (SSSR count). The molecule has 0 bridgehead atoms. The molecule has 0 aromatic heterocycles. The summed E-state index contributed by atoms with van der Waals surface area (Å²) < 4.78 is 13.4. The average molecular weight is 315 g/mol. The highest BCUT2D eigenvalue weighted by atomic mass is 19.1. The predicted octanol–water partition coefficient (Wildman–Crippen LogP) is 4.14. The molecule has 0 saturated carbocycles. The van der Waals surface area contributed by atoms with Gasteiger partial charge in [-0.3, -0.25) is 4.79 Å². The topological polar surface area (TPSA) is 29.1 Å². The van der Waals surface area contributed by atoms with E-state index in [0.717, 1.165) is 49.1 Å². The highest BCUT2D eigenvalue weighted by molar-refractivity contribution is 6.05. The van der Waals surface area contributed by atoms with Gasteiger partial charge in [-0.05, 0) is 60.6 Å². The lowest BCUT2D eigenvalue weighted by Crippen LogP contribution is -2.35. The zero-order valence-electron chi connectivity index (χ0n) is 14.3. The maximum absolute atomic E-state index is 13.4. The first-order valence-electron chi connectivity index (χ1n) is 8.54. The number of carbonyl (C=O) groups is 1. The van der Waals surface area contributed by atoms with E-state index < -0.39 is 0 Å². The fourth-order valence-electron chi connectivity index (χ4n) is 3.67. The maximum atomic E-state index is 13.4. The third kappa shape index (κ3) is 3.40. The number of halogens is 1. The van der Waals surface area contributed by atoms with Crippen molar-refractivity contribution in [2.75, 3.05) is 13.1 Å². The van der Waals surface area contributed by atoms with Crippen LogP contribution >= 0.6 is 0 Å². The second-order valence-corrected chi connectivity index (χ2v) is 8.29. The summed E-state index contributed by atoms with van der Waals surface area (Å²) in [6.07, 6.45) is 5.41. The second kappa shape index (κ2) is 5.86. The van der Waals surface area contributed by atoms with Crippen molar-refractivity contribution in [2.24, 2.45) is 10.8 Å². The first-order valence-corrected chi connectivity index (χ1v) is 8.54. The molecule has 0 amide bonds. The number of rotatable bonds is 4. The van der Waals surface area contributed by atoms with E-state index in [1.165, 1.54) is 12.1 Å². The Morgan fingerprint density at radius 1 is 1.35 bits per heavy atom. The predicted molar refractivity (Wildman–Crippen MR) is 91.7 cm³/mol. The van der Waals surface area contributed by atoms with Crippen LogP contribution in [0.15, 0.2) is 23.8 Å². The number of benzene rings is 1. The van der Waals surface area contributed by atoms with Crippen molar-refractivity contribution >= 4 is 11.9 Å². The standard InChI is InChI=1S/C20H26FNO/c1-19(2,3)6-7-20(8-9-22-13-20)18(23)16-10-14-4-5-17(21)12-15(14)11-16/h4-5,11-12,22H,6-10,13H2,1-3H3. The minimum atomic E-state index is -0.278. The van der Waals surface area contributed by atoms with Gasteiger partial charge in [0.1, 0.15) is 5.82 Å². The Kier molecular flexibility index (Phi) is 4.18. The monoisotopic (exact) mass is 315 g/mol. The molecule has 124 valence electrons. The molecular formula is C20H26FNO. The van der Waals surface area contributed by atoms with E-state index in [-0.39, 0.29) is 22.4 Å². The lowest BCUT2D eigenvalue weighted by molar-refractivity contribution is -0.124. The number of fused-ring (bicyclic) bond motifs is 1. The molecule has 1 N–H and O–H groups in total. The van der Waals surface area contributed by atoms with Gasteiger partial charge < -0.3 is 5.32 Å². The highest BCUT2D eigenvalue weighted by Gasteiger charge is 2.43. The van der Waals surface area contributed by atoms with Crippen LogP contribution in [0, 0.1) is 16.6 Å². The first-order chi connectivity index (χ1) is 10.8. The lowest BCUT2D eigenvalue weighted by atomic mass is 9.72. The second-order valence-electron chi connectivity index (χ2n) is 8.29. The first kappa shape index (κ1) is 16.4. The SMILES string of the molecule is CC(C)(C)CCC1(C(=O)C2=Cc3cc(F)ccc3C2)CCNC1. The van der Waals surface area contributed by atoms with Gasteiger partial charge in [-0.1, -0.05) is 26.8 Å². The Morgan fingerprint density at radius 3 is 2.78 bits per heavy atom. The Labute approximate surface area is 138 Å². The van der Waals surface area contributed by atoms with Crippen LogP contribution in [0.3, 0.4) is 0 Å². The minimum absolute atomic E-state index is 0.228. The van der Waals surface area contributed by atoms with Crippen molar-refractivity contribution in [3.05, 3.63) is 40.7 Å². The van der Waals surface area contributed by atoms with Crippen molar-refractivity contribution in [2.45, 2.75) is 46.5 Å². The summed E-state index contributed by atoms with van der Waals surface area (Å²) in [7, 11) is 0. The molecule has 1 unspecified atom stereocenters. The number of Topliss-reactive ketones (excluding diaryl/α,β-unsaturated/α-hetero) is 1. The summed E-state index contributed by atoms with van der Waals surface area (Å²) in [5, 5.41) is 3.38. The van der Waals surface area contributed by atoms with Gasteiger partial charge in [0.2, 0.25) is 0 Å². The van der Waals surface area contributed by atoms with E-state index >= 15 is 0 Å². The van der Waals surface area contributed by atoms with Crippen LogP contribution in [-0.2, 0) is 11.2 Å².